The van der Waals surface area contributed by atoms with Gasteiger partial charge in [0.05, 0.1) is 6.20 Å². The lowest BCUT2D eigenvalue weighted by atomic mass is 10.1. The maximum Gasteiger partial charge on any atom is 0.233 e. The molecule has 0 spiro atoms. The number of hydrogen-bond donors (Lipinski definition) is 1. The molecule has 0 saturated heterocycles. The van der Waals surface area contributed by atoms with Crippen LogP contribution in [0, 0.1) is 6.92 Å². The van der Waals surface area contributed by atoms with Crippen molar-refractivity contribution < 1.29 is 0 Å². The van der Waals surface area contributed by atoms with Gasteiger partial charge in [-0.05, 0) is 38.2 Å². The second kappa shape index (κ2) is 3.28. The number of aromatic nitrogens is 3. The van der Waals surface area contributed by atoms with Crippen molar-refractivity contribution in [3.8, 4) is 0 Å². The molecule has 16 heavy (non-hydrogen) atoms. The average Bonchev–Trinajstić information content (AvgIpc) is 2.87. The highest BCUT2D eigenvalue weighted by molar-refractivity contribution is 5.32. The fraction of sp³-hybridized carbons (Fsp3) is 0.500. The Kier molecular flexibility index (Phi) is 2.01. The van der Waals surface area contributed by atoms with E-state index in [-0.39, 0.29) is 5.54 Å². The predicted molar refractivity (Wildman–Crippen MR) is 62.2 cm³/mol. The lowest BCUT2D eigenvalue weighted by molar-refractivity contribution is 0.601. The highest BCUT2D eigenvalue weighted by Crippen LogP contribution is 2.36. The molecule has 1 aliphatic carbocycles. The topological polar surface area (TPSA) is 56.2 Å². The van der Waals surface area contributed by atoms with E-state index in [1.54, 1.807) is 0 Å². The molecule has 0 unspecified atom stereocenters. The normalized spacial score (nSPS) is 17.9. The molecule has 2 aromatic heterocycles. The zero-order valence-corrected chi connectivity index (χ0v) is 9.48. The summed E-state index contributed by atoms with van der Waals surface area (Å²) in [5.74, 6) is 0.780. The number of imidazole rings is 1. The number of fused-ring (bicyclic) bond motifs is 1. The molecule has 0 bridgehead atoms. The van der Waals surface area contributed by atoms with Gasteiger partial charge >= 0.3 is 0 Å². The van der Waals surface area contributed by atoms with Crippen LogP contribution in [-0.4, -0.2) is 19.9 Å². The summed E-state index contributed by atoms with van der Waals surface area (Å²) in [4.78, 5) is 8.57. The van der Waals surface area contributed by atoms with Crippen molar-refractivity contribution in [2.45, 2.75) is 38.1 Å². The van der Waals surface area contributed by atoms with Crippen LogP contribution in [0.5, 0.6) is 0 Å². The number of nitrogens with two attached hydrogens (primary N) is 1. The predicted octanol–water partition coefficient (Wildman–Crippen LogP) is 1.46. The maximum absolute atomic E-state index is 6.09. The van der Waals surface area contributed by atoms with Crippen molar-refractivity contribution >= 4 is 5.78 Å². The van der Waals surface area contributed by atoms with Gasteiger partial charge in [0.1, 0.15) is 0 Å². The van der Waals surface area contributed by atoms with Gasteiger partial charge in [0.15, 0.2) is 0 Å². The minimum absolute atomic E-state index is 0.113. The SMILES string of the molecule is Cc1cnc2ncc(CCC3(N)CC3)n2c1. The summed E-state index contributed by atoms with van der Waals surface area (Å²) < 4.78 is 2.07. The van der Waals surface area contributed by atoms with Gasteiger partial charge in [-0.1, -0.05) is 0 Å². The molecule has 2 aromatic rings. The molecule has 84 valence electrons. The summed E-state index contributed by atoms with van der Waals surface area (Å²) in [6, 6.07) is 0. The van der Waals surface area contributed by atoms with E-state index in [4.69, 9.17) is 5.73 Å². The molecule has 1 saturated carbocycles. The number of aryl methyl sites for hydroxylation is 2. The summed E-state index contributed by atoms with van der Waals surface area (Å²) in [5, 5.41) is 0. The van der Waals surface area contributed by atoms with Crippen LogP contribution >= 0.6 is 0 Å². The zero-order valence-electron chi connectivity index (χ0n) is 9.48. The fourth-order valence-corrected chi connectivity index (χ4v) is 1.99. The Morgan fingerprint density at radius 2 is 2.12 bits per heavy atom. The van der Waals surface area contributed by atoms with Gasteiger partial charge in [-0.15, -0.1) is 0 Å². The Hall–Kier alpha value is -1.42. The molecule has 4 heteroatoms. The quantitative estimate of drug-likeness (QED) is 0.845. The van der Waals surface area contributed by atoms with Crippen molar-refractivity contribution in [1.29, 1.82) is 0 Å². The number of nitrogens with zero attached hydrogens (tertiary/aromatic N) is 3. The van der Waals surface area contributed by atoms with Crippen LogP contribution in [0.4, 0.5) is 0 Å². The van der Waals surface area contributed by atoms with E-state index in [9.17, 15) is 0 Å². The maximum atomic E-state index is 6.09. The molecule has 0 atom stereocenters. The highest BCUT2D eigenvalue weighted by atomic mass is 15.1. The number of hydrogen-bond acceptors (Lipinski definition) is 3. The van der Waals surface area contributed by atoms with Crippen LogP contribution in [0.1, 0.15) is 30.5 Å². The first-order chi connectivity index (χ1) is 7.66. The molecule has 2 heterocycles. The Balaban J connectivity index is 1.88. The molecule has 2 N–H and O–H groups in total. The van der Waals surface area contributed by atoms with Crippen molar-refractivity contribution in [2.24, 2.45) is 5.73 Å². The van der Waals surface area contributed by atoms with Crippen LogP contribution in [0.15, 0.2) is 18.6 Å². The molecule has 1 fully saturated rings. The summed E-state index contributed by atoms with van der Waals surface area (Å²) in [6.45, 7) is 2.04. The van der Waals surface area contributed by atoms with Crippen molar-refractivity contribution in [3.63, 3.8) is 0 Å². The Labute approximate surface area is 94.5 Å². The van der Waals surface area contributed by atoms with E-state index in [0.29, 0.717) is 0 Å². The first-order valence-corrected chi connectivity index (χ1v) is 5.74. The molecular weight excluding hydrogens is 200 g/mol. The summed E-state index contributed by atoms with van der Waals surface area (Å²) in [7, 11) is 0. The Morgan fingerprint density at radius 1 is 1.38 bits per heavy atom. The Morgan fingerprint density at radius 3 is 2.88 bits per heavy atom. The second-order valence-electron chi connectivity index (χ2n) is 4.91. The van der Waals surface area contributed by atoms with E-state index in [0.717, 1.165) is 24.2 Å². The van der Waals surface area contributed by atoms with Crippen LogP contribution in [0.2, 0.25) is 0 Å². The molecular formula is C12H16N4. The summed E-state index contributed by atoms with van der Waals surface area (Å²) in [5.41, 5.74) is 8.57. The van der Waals surface area contributed by atoms with Gasteiger partial charge in [-0.2, -0.15) is 0 Å². The fourth-order valence-electron chi connectivity index (χ4n) is 1.99. The van der Waals surface area contributed by atoms with Crippen molar-refractivity contribution in [2.75, 3.05) is 0 Å². The van der Waals surface area contributed by atoms with E-state index in [1.165, 1.54) is 18.5 Å². The second-order valence-corrected chi connectivity index (χ2v) is 4.91. The van der Waals surface area contributed by atoms with E-state index in [1.807, 2.05) is 19.3 Å². The monoisotopic (exact) mass is 216 g/mol. The minimum atomic E-state index is 0.113. The first kappa shape index (κ1) is 9.78. The van der Waals surface area contributed by atoms with E-state index < -0.39 is 0 Å². The minimum Gasteiger partial charge on any atom is -0.325 e. The lowest BCUT2D eigenvalue weighted by Gasteiger charge is -2.07. The van der Waals surface area contributed by atoms with Crippen molar-refractivity contribution in [3.05, 3.63) is 29.8 Å². The summed E-state index contributed by atoms with van der Waals surface area (Å²) in [6.07, 6.45) is 10.2. The van der Waals surface area contributed by atoms with Gasteiger partial charge in [-0.25, -0.2) is 9.97 Å². The molecule has 0 amide bonds. The highest BCUT2D eigenvalue weighted by Gasteiger charge is 2.37. The third kappa shape index (κ3) is 1.69. The molecule has 0 aliphatic heterocycles. The largest absolute Gasteiger partial charge is 0.325 e. The molecule has 0 radical (unpaired) electrons. The van der Waals surface area contributed by atoms with Crippen LogP contribution in [-0.2, 0) is 6.42 Å². The third-order valence-corrected chi connectivity index (χ3v) is 3.34. The van der Waals surface area contributed by atoms with Gasteiger partial charge < -0.3 is 5.73 Å². The van der Waals surface area contributed by atoms with Crippen LogP contribution in [0.3, 0.4) is 0 Å². The third-order valence-electron chi connectivity index (χ3n) is 3.34. The van der Waals surface area contributed by atoms with Crippen LogP contribution in [0.25, 0.3) is 5.78 Å². The van der Waals surface area contributed by atoms with Crippen LogP contribution < -0.4 is 5.73 Å². The number of rotatable bonds is 3. The van der Waals surface area contributed by atoms with Gasteiger partial charge in [0.2, 0.25) is 5.78 Å². The van der Waals surface area contributed by atoms with E-state index in [2.05, 4.69) is 20.6 Å². The van der Waals surface area contributed by atoms with Gasteiger partial charge in [0, 0.05) is 23.6 Å². The van der Waals surface area contributed by atoms with E-state index >= 15 is 0 Å². The lowest BCUT2D eigenvalue weighted by Crippen LogP contribution is -2.22. The smallest absolute Gasteiger partial charge is 0.233 e. The molecule has 0 aromatic carbocycles. The molecule has 3 rings (SSSR count). The molecule has 4 nitrogen and oxygen atoms in total. The van der Waals surface area contributed by atoms with Crippen molar-refractivity contribution in [1.82, 2.24) is 14.4 Å². The Bertz CT molecular complexity index is 525. The molecule has 1 aliphatic rings. The van der Waals surface area contributed by atoms with Gasteiger partial charge in [-0.3, -0.25) is 4.40 Å². The zero-order chi connectivity index (χ0) is 11.2. The van der Waals surface area contributed by atoms with Gasteiger partial charge in [0.25, 0.3) is 0 Å². The first-order valence-electron chi connectivity index (χ1n) is 5.74. The summed E-state index contributed by atoms with van der Waals surface area (Å²) >= 11 is 0. The average molecular weight is 216 g/mol. The standard InChI is InChI=1S/C12H16N4/c1-9-6-14-11-15-7-10(16(11)8-9)2-3-12(13)4-5-12/h6-8H,2-5,13H2,1H3.